The van der Waals surface area contributed by atoms with Gasteiger partial charge in [0, 0.05) is 18.5 Å². The van der Waals surface area contributed by atoms with Gasteiger partial charge in [0.1, 0.15) is 11.4 Å². The van der Waals surface area contributed by atoms with E-state index in [2.05, 4.69) is 4.90 Å². The highest BCUT2D eigenvalue weighted by Gasteiger charge is 2.36. The lowest BCUT2D eigenvalue weighted by molar-refractivity contribution is 0.0854. The Hall–Kier alpha value is -2.59. The van der Waals surface area contributed by atoms with E-state index in [1.54, 1.807) is 17.0 Å². The second-order valence-electron chi connectivity index (χ2n) is 9.00. The molecule has 1 saturated heterocycles. The molecule has 0 aliphatic carbocycles. The molecule has 1 aromatic carbocycles. The van der Waals surface area contributed by atoms with Gasteiger partial charge < -0.3 is 14.7 Å². The molecule has 2 aromatic heterocycles. The van der Waals surface area contributed by atoms with E-state index in [1.165, 1.54) is 22.7 Å². The first kappa shape index (κ1) is 24.1. The maximum Gasteiger partial charge on any atom is 0.270 e. The number of likely N-dealkylation sites (tertiary alicyclic amines) is 1. The van der Waals surface area contributed by atoms with Crippen molar-refractivity contribution in [2.24, 2.45) is 5.92 Å². The lowest BCUT2D eigenvalue weighted by Gasteiger charge is -2.32. The van der Waals surface area contributed by atoms with Crippen LogP contribution in [-0.4, -0.2) is 59.5 Å². The molecule has 7 nitrogen and oxygen atoms in total. The van der Waals surface area contributed by atoms with Crippen LogP contribution in [-0.2, 0) is 0 Å². The van der Waals surface area contributed by atoms with Crippen LogP contribution in [0, 0.1) is 5.92 Å². The highest BCUT2D eigenvalue weighted by atomic mass is 32.1. The van der Waals surface area contributed by atoms with Gasteiger partial charge >= 0.3 is 0 Å². The van der Waals surface area contributed by atoms with Crippen molar-refractivity contribution in [1.29, 1.82) is 0 Å². The van der Waals surface area contributed by atoms with Crippen molar-refractivity contribution in [2.75, 3.05) is 37.7 Å². The number of carbonyl (C=O) groups excluding carboxylic acids is 2. The number of thiophene rings is 1. The number of aliphatic hydroxyl groups is 1. The third kappa shape index (κ3) is 5.33. The van der Waals surface area contributed by atoms with Crippen LogP contribution in [0.3, 0.4) is 0 Å². The monoisotopic (exact) mass is 511 g/mol. The molecule has 184 valence electrons. The van der Waals surface area contributed by atoms with Crippen molar-refractivity contribution in [3.63, 3.8) is 0 Å². The van der Waals surface area contributed by atoms with Gasteiger partial charge in [-0.05, 0) is 74.8 Å². The number of fused-ring (bicyclic) bond motifs is 1. The number of anilines is 1. The molecule has 5 rings (SSSR count). The van der Waals surface area contributed by atoms with Crippen molar-refractivity contribution < 1.29 is 19.4 Å². The molecule has 0 saturated carbocycles. The van der Waals surface area contributed by atoms with Gasteiger partial charge in [0.05, 0.1) is 10.4 Å². The molecule has 1 fully saturated rings. The number of rotatable bonds is 9. The van der Waals surface area contributed by atoms with E-state index in [-0.39, 0.29) is 18.3 Å². The summed E-state index contributed by atoms with van der Waals surface area (Å²) in [7, 11) is 0. The van der Waals surface area contributed by atoms with E-state index < -0.39 is 6.10 Å². The summed E-state index contributed by atoms with van der Waals surface area (Å²) in [6.45, 7) is 3.81. The van der Waals surface area contributed by atoms with Gasteiger partial charge in [0.15, 0.2) is 5.13 Å². The smallest absolute Gasteiger partial charge is 0.270 e. The fourth-order valence-electron chi connectivity index (χ4n) is 4.76. The van der Waals surface area contributed by atoms with E-state index in [1.807, 2.05) is 35.0 Å². The number of para-hydroxylation sites is 1. The Morgan fingerprint density at radius 2 is 2.00 bits per heavy atom. The number of Topliss-reactive ketones (excluding diaryl/α,β-unsaturated/α-hetero) is 1. The molecule has 3 aromatic rings. The topological polar surface area (TPSA) is 83.0 Å². The molecule has 1 atom stereocenters. The maximum absolute atomic E-state index is 13.3. The molecule has 0 bridgehead atoms. The molecule has 9 heteroatoms. The average molecular weight is 512 g/mol. The first-order valence-electron chi connectivity index (χ1n) is 12.1. The summed E-state index contributed by atoms with van der Waals surface area (Å²) in [5, 5.41) is 13.5. The Kier molecular flexibility index (Phi) is 7.57. The summed E-state index contributed by atoms with van der Waals surface area (Å²) in [5.74, 6) is 1.03. The summed E-state index contributed by atoms with van der Waals surface area (Å²) in [6, 6.07) is 10.9. The second kappa shape index (κ2) is 11.0. The van der Waals surface area contributed by atoms with Crippen LogP contribution in [0.25, 0.3) is 0 Å². The number of ether oxygens (including phenoxy) is 1. The summed E-state index contributed by atoms with van der Waals surface area (Å²) in [5.41, 5.74) is 1.11. The van der Waals surface area contributed by atoms with Gasteiger partial charge in [-0.2, -0.15) is 0 Å². The van der Waals surface area contributed by atoms with Gasteiger partial charge in [-0.1, -0.05) is 18.2 Å². The lowest BCUT2D eigenvalue weighted by Crippen LogP contribution is -2.37. The van der Waals surface area contributed by atoms with Crippen LogP contribution in [0.2, 0.25) is 0 Å². The van der Waals surface area contributed by atoms with Crippen molar-refractivity contribution in [2.45, 2.75) is 31.8 Å². The van der Waals surface area contributed by atoms with Gasteiger partial charge in [0.25, 0.3) is 5.91 Å². The van der Waals surface area contributed by atoms with Crippen LogP contribution < -0.4 is 9.64 Å². The molecule has 0 radical (unpaired) electrons. The zero-order valence-corrected chi connectivity index (χ0v) is 21.1. The predicted octanol–water partition coefficient (Wildman–Crippen LogP) is 4.65. The molecule has 1 N–H and O–H groups in total. The molecule has 2 aliphatic heterocycles. The number of piperidine rings is 1. The zero-order valence-electron chi connectivity index (χ0n) is 19.5. The number of thiazole rings is 1. The van der Waals surface area contributed by atoms with Gasteiger partial charge in [-0.3, -0.25) is 14.5 Å². The van der Waals surface area contributed by atoms with E-state index in [9.17, 15) is 14.7 Å². The fourth-order valence-corrected chi connectivity index (χ4v) is 6.29. The number of hydrogen-bond donors (Lipinski definition) is 1. The summed E-state index contributed by atoms with van der Waals surface area (Å²) < 4.78 is 5.89. The van der Waals surface area contributed by atoms with E-state index >= 15 is 0 Å². The summed E-state index contributed by atoms with van der Waals surface area (Å²) in [6.07, 6.45) is 3.19. The quantitative estimate of drug-likeness (QED) is 0.450. The predicted molar refractivity (Wildman–Crippen MR) is 138 cm³/mol. The van der Waals surface area contributed by atoms with Crippen molar-refractivity contribution in [3.05, 3.63) is 63.3 Å². The number of aromatic nitrogens is 1. The van der Waals surface area contributed by atoms with E-state index in [0.717, 1.165) is 45.3 Å². The number of nitrogens with zero attached hydrogens (tertiary/aromatic N) is 3. The molecule has 2 aliphatic rings. The van der Waals surface area contributed by atoms with E-state index in [0.29, 0.717) is 39.5 Å². The zero-order chi connectivity index (χ0) is 24.2. The number of carbonyl (C=O) groups is 2. The molecule has 4 heterocycles. The average Bonchev–Trinajstić information content (AvgIpc) is 3.64. The van der Waals surface area contributed by atoms with Crippen LogP contribution in [0.5, 0.6) is 5.75 Å². The molecular weight excluding hydrogens is 482 g/mol. The largest absolute Gasteiger partial charge is 0.475 e. The number of ketones is 1. The Morgan fingerprint density at radius 3 is 2.74 bits per heavy atom. The second-order valence-corrected chi connectivity index (χ2v) is 10.8. The number of aliphatic hydroxyl groups excluding tert-OH is 1. The van der Waals surface area contributed by atoms with Gasteiger partial charge in [0.2, 0.25) is 11.9 Å². The first-order chi connectivity index (χ1) is 17.1. The van der Waals surface area contributed by atoms with Crippen molar-refractivity contribution in [1.82, 2.24) is 9.88 Å². The summed E-state index contributed by atoms with van der Waals surface area (Å²) >= 11 is 2.79. The highest BCUT2D eigenvalue weighted by Crippen LogP contribution is 2.38. The molecular formula is C26H29N3O4S2. The Morgan fingerprint density at radius 1 is 1.17 bits per heavy atom. The molecule has 1 unspecified atom stereocenters. The normalized spacial score (nSPS) is 18.4. The molecule has 0 spiro atoms. The number of benzene rings is 1. The SMILES string of the molecule is O=C1c2ccccc2OC1c1csc(N(CCCN2CCC(CCO)CC2)C(=O)c2cccs2)n1. The lowest BCUT2D eigenvalue weighted by atomic mass is 9.94. The van der Waals surface area contributed by atoms with Crippen LogP contribution in [0.4, 0.5) is 5.13 Å². The number of hydrogen-bond acceptors (Lipinski definition) is 8. The van der Waals surface area contributed by atoms with Gasteiger partial charge in [-0.25, -0.2) is 4.98 Å². The minimum atomic E-state index is -0.767. The third-order valence-electron chi connectivity index (χ3n) is 6.72. The minimum absolute atomic E-state index is 0.0653. The minimum Gasteiger partial charge on any atom is -0.475 e. The van der Waals surface area contributed by atoms with E-state index in [4.69, 9.17) is 9.72 Å². The summed E-state index contributed by atoms with van der Waals surface area (Å²) in [4.78, 5) is 35.7. The van der Waals surface area contributed by atoms with Crippen LogP contribution >= 0.6 is 22.7 Å². The standard InChI is InChI=1S/C26H29N3O4S2/c30-15-10-18-8-13-28(14-9-18)11-4-12-29(25(32)22-7-3-16-34-22)26-27-20(17-35-26)24-23(31)19-5-1-2-6-21(19)33-24/h1-3,5-7,16-18,24,30H,4,8-15H2. The van der Waals surface area contributed by atoms with Crippen molar-refractivity contribution >= 4 is 39.5 Å². The van der Waals surface area contributed by atoms with Gasteiger partial charge in [-0.15, -0.1) is 22.7 Å². The third-order valence-corrected chi connectivity index (χ3v) is 8.46. The number of amides is 1. The van der Waals surface area contributed by atoms with Crippen LogP contribution in [0.1, 0.15) is 57.5 Å². The molecule has 35 heavy (non-hydrogen) atoms. The van der Waals surface area contributed by atoms with Crippen LogP contribution in [0.15, 0.2) is 47.2 Å². The Balaban J connectivity index is 1.26. The Labute approximate surface area is 213 Å². The Bertz CT molecular complexity index is 1160. The molecule has 1 amide bonds. The first-order valence-corrected chi connectivity index (χ1v) is 13.8. The highest BCUT2D eigenvalue weighted by molar-refractivity contribution is 7.14. The maximum atomic E-state index is 13.3. The fraction of sp³-hybridized carbons (Fsp3) is 0.423. The van der Waals surface area contributed by atoms with Crippen molar-refractivity contribution in [3.8, 4) is 5.75 Å².